The summed E-state index contributed by atoms with van der Waals surface area (Å²) in [5, 5.41) is 0. The van der Waals surface area contributed by atoms with Crippen LogP contribution in [-0.4, -0.2) is 6.29 Å². The van der Waals surface area contributed by atoms with Crippen molar-refractivity contribution in [3.63, 3.8) is 0 Å². The van der Waals surface area contributed by atoms with Gasteiger partial charge in [0, 0.05) is 10.9 Å². The number of aldehydes is 1. The van der Waals surface area contributed by atoms with Crippen LogP contribution in [0.15, 0.2) is 16.6 Å². The molecule has 1 aromatic carbocycles. The Morgan fingerprint density at radius 1 is 1.54 bits per heavy atom. The van der Waals surface area contributed by atoms with Crippen LogP contribution in [0, 0.1) is 12.7 Å². The lowest BCUT2D eigenvalue weighted by molar-refractivity contribution is -0.107. The Morgan fingerprint density at radius 2 is 2.23 bits per heavy atom. The van der Waals surface area contributed by atoms with Gasteiger partial charge in [0.15, 0.2) is 0 Å². The van der Waals surface area contributed by atoms with Crippen molar-refractivity contribution in [2.45, 2.75) is 19.8 Å². The van der Waals surface area contributed by atoms with Crippen LogP contribution in [-0.2, 0) is 11.2 Å². The van der Waals surface area contributed by atoms with E-state index >= 15 is 0 Å². The first-order valence-electron chi connectivity index (χ1n) is 4.03. The lowest BCUT2D eigenvalue weighted by Gasteiger charge is -2.03. The van der Waals surface area contributed by atoms with Gasteiger partial charge >= 0.3 is 0 Å². The third-order valence-electron chi connectivity index (χ3n) is 1.89. The van der Waals surface area contributed by atoms with Crippen molar-refractivity contribution in [3.05, 3.63) is 33.5 Å². The van der Waals surface area contributed by atoms with E-state index in [9.17, 15) is 9.18 Å². The maximum Gasteiger partial charge on any atom is 0.127 e. The fraction of sp³-hybridized carbons (Fsp3) is 0.300. The molecular formula is C10H10BrFO. The van der Waals surface area contributed by atoms with E-state index in [1.54, 1.807) is 6.92 Å². The molecule has 70 valence electrons. The predicted molar refractivity (Wildman–Crippen MR) is 53.2 cm³/mol. The van der Waals surface area contributed by atoms with Gasteiger partial charge in [-0.1, -0.05) is 15.9 Å². The van der Waals surface area contributed by atoms with Gasteiger partial charge in [-0.3, -0.25) is 0 Å². The average molecular weight is 245 g/mol. The summed E-state index contributed by atoms with van der Waals surface area (Å²) in [6.45, 7) is 1.71. The van der Waals surface area contributed by atoms with Gasteiger partial charge < -0.3 is 4.79 Å². The van der Waals surface area contributed by atoms with Gasteiger partial charge in [0.1, 0.15) is 12.1 Å². The summed E-state index contributed by atoms with van der Waals surface area (Å²) >= 11 is 3.26. The smallest absolute Gasteiger partial charge is 0.127 e. The zero-order valence-electron chi connectivity index (χ0n) is 7.31. The second kappa shape index (κ2) is 4.51. The summed E-state index contributed by atoms with van der Waals surface area (Å²) in [5.41, 5.74) is 1.46. The van der Waals surface area contributed by atoms with Gasteiger partial charge in [-0.2, -0.15) is 0 Å². The molecule has 0 heterocycles. The minimum Gasteiger partial charge on any atom is -0.303 e. The Morgan fingerprint density at radius 3 is 2.77 bits per heavy atom. The SMILES string of the molecule is Cc1c(F)cc(CCC=O)cc1Br. The van der Waals surface area contributed by atoms with Gasteiger partial charge in [-0.25, -0.2) is 4.39 Å². The van der Waals surface area contributed by atoms with Crippen LogP contribution in [0.25, 0.3) is 0 Å². The third kappa shape index (κ3) is 2.62. The van der Waals surface area contributed by atoms with Crippen LogP contribution in [0.4, 0.5) is 4.39 Å². The molecule has 0 radical (unpaired) electrons. The molecule has 0 atom stereocenters. The summed E-state index contributed by atoms with van der Waals surface area (Å²) in [7, 11) is 0. The van der Waals surface area contributed by atoms with E-state index in [-0.39, 0.29) is 5.82 Å². The standard InChI is InChI=1S/C10H10BrFO/c1-7-9(11)5-8(3-2-4-13)6-10(7)12/h4-6H,2-3H2,1H3. The van der Waals surface area contributed by atoms with Crippen LogP contribution in [0.5, 0.6) is 0 Å². The quantitative estimate of drug-likeness (QED) is 0.748. The number of carbonyl (C=O) groups is 1. The summed E-state index contributed by atoms with van der Waals surface area (Å²) in [6, 6.07) is 3.32. The van der Waals surface area contributed by atoms with E-state index in [2.05, 4.69) is 15.9 Å². The Bertz CT molecular complexity index is 300. The van der Waals surface area contributed by atoms with Crippen molar-refractivity contribution in [2.24, 2.45) is 0 Å². The van der Waals surface area contributed by atoms with Crippen LogP contribution < -0.4 is 0 Å². The highest BCUT2D eigenvalue weighted by Crippen LogP contribution is 2.21. The molecule has 0 saturated heterocycles. The molecule has 0 aliphatic heterocycles. The minimum atomic E-state index is -0.227. The topological polar surface area (TPSA) is 17.1 Å². The Hall–Kier alpha value is -0.700. The fourth-order valence-electron chi connectivity index (χ4n) is 1.07. The van der Waals surface area contributed by atoms with E-state index in [0.717, 1.165) is 16.3 Å². The van der Waals surface area contributed by atoms with Gasteiger partial charge in [-0.05, 0) is 36.6 Å². The van der Waals surface area contributed by atoms with E-state index in [1.165, 1.54) is 6.07 Å². The molecule has 0 unspecified atom stereocenters. The highest BCUT2D eigenvalue weighted by molar-refractivity contribution is 9.10. The molecule has 0 N–H and O–H groups in total. The molecule has 0 fully saturated rings. The first-order valence-corrected chi connectivity index (χ1v) is 4.82. The average Bonchev–Trinajstić information content (AvgIpc) is 2.10. The van der Waals surface area contributed by atoms with Crippen molar-refractivity contribution in [3.8, 4) is 0 Å². The largest absolute Gasteiger partial charge is 0.303 e. The van der Waals surface area contributed by atoms with Gasteiger partial charge in [0.2, 0.25) is 0 Å². The van der Waals surface area contributed by atoms with Crippen LogP contribution >= 0.6 is 15.9 Å². The van der Waals surface area contributed by atoms with Gasteiger partial charge in [-0.15, -0.1) is 0 Å². The maximum absolute atomic E-state index is 13.1. The molecule has 13 heavy (non-hydrogen) atoms. The van der Waals surface area contributed by atoms with Crippen molar-refractivity contribution in [1.82, 2.24) is 0 Å². The zero-order valence-corrected chi connectivity index (χ0v) is 8.90. The number of hydrogen-bond donors (Lipinski definition) is 0. The van der Waals surface area contributed by atoms with Crippen molar-refractivity contribution in [1.29, 1.82) is 0 Å². The first-order chi connectivity index (χ1) is 6.15. The van der Waals surface area contributed by atoms with E-state index in [1.807, 2.05) is 6.07 Å². The molecule has 0 bridgehead atoms. The molecule has 0 saturated carbocycles. The summed E-state index contributed by atoms with van der Waals surface area (Å²) < 4.78 is 13.9. The number of halogens is 2. The number of carbonyl (C=O) groups excluding carboxylic acids is 1. The minimum absolute atomic E-state index is 0.227. The van der Waals surface area contributed by atoms with E-state index in [4.69, 9.17) is 0 Å². The first kappa shape index (κ1) is 10.4. The Balaban J connectivity index is 2.92. The third-order valence-corrected chi connectivity index (χ3v) is 2.72. The molecule has 1 rings (SSSR count). The van der Waals surface area contributed by atoms with Crippen LogP contribution in [0.2, 0.25) is 0 Å². The molecule has 0 spiro atoms. The molecule has 3 heteroatoms. The van der Waals surface area contributed by atoms with Crippen molar-refractivity contribution < 1.29 is 9.18 Å². The van der Waals surface area contributed by atoms with Crippen molar-refractivity contribution >= 4 is 22.2 Å². The van der Waals surface area contributed by atoms with Crippen molar-refractivity contribution in [2.75, 3.05) is 0 Å². The Labute approximate surface area is 85.1 Å². The number of rotatable bonds is 3. The van der Waals surface area contributed by atoms with Gasteiger partial charge in [0.05, 0.1) is 0 Å². The summed E-state index contributed by atoms with van der Waals surface area (Å²) in [4.78, 5) is 10.1. The number of hydrogen-bond acceptors (Lipinski definition) is 1. The summed E-state index contributed by atoms with van der Waals surface area (Å²) in [5.74, 6) is -0.227. The van der Waals surface area contributed by atoms with E-state index in [0.29, 0.717) is 18.4 Å². The number of benzene rings is 1. The second-order valence-corrected chi connectivity index (χ2v) is 3.74. The number of aryl methyl sites for hydroxylation is 1. The molecule has 0 aromatic heterocycles. The Kier molecular flexibility index (Phi) is 3.60. The monoisotopic (exact) mass is 244 g/mol. The maximum atomic E-state index is 13.1. The molecule has 1 aromatic rings. The van der Waals surface area contributed by atoms with Crippen LogP contribution in [0.3, 0.4) is 0 Å². The van der Waals surface area contributed by atoms with Gasteiger partial charge in [0.25, 0.3) is 0 Å². The summed E-state index contributed by atoms with van der Waals surface area (Å²) in [6.07, 6.45) is 1.87. The van der Waals surface area contributed by atoms with E-state index < -0.39 is 0 Å². The highest BCUT2D eigenvalue weighted by Gasteiger charge is 2.04. The highest BCUT2D eigenvalue weighted by atomic mass is 79.9. The molecule has 0 aliphatic carbocycles. The predicted octanol–water partition coefficient (Wildman–Crippen LogP) is 3.03. The molecule has 0 amide bonds. The molecular weight excluding hydrogens is 235 g/mol. The molecule has 1 nitrogen and oxygen atoms in total. The second-order valence-electron chi connectivity index (χ2n) is 2.89. The fourth-order valence-corrected chi connectivity index (χ4v) is 1.55. The molecule has 0 aliphatic rings. The van der Waals surface area contributed by atoms with Crippen LogP contribution in [0.1, 0.15) is 17.5 Å². The lowest BCUT2D eigenvalue weighted by Crippen LogP contribution is -1.91. The zero-order chi connectivity index (χ0) is 9.84. The lowest BCUT2D eigenvalue weighted by atomic mass is 10.1. The normalized spacial score (nSPS) is 10.1.